The molecule has 0 fully saturated rings. The monoisotopic (exact) mass is 418 g/mol. The van der Waals surface area contributed by atoms with Crippen LogP contribution < -0.4 is 0 Å². The zero-order valence-corrected chi connectivity index (χ0v) is 9.93. The van der Waals surface area contributed by atoms with E-state index >= 15 is 0 Å². The van der Waals surface area contributed by atoms with Gasteiger partial charge in [-0.3, -0.25) is 0 Å². The molecule has 0 atom stereocenters. The van der Waals surface area contributed by atoms with E-state index in [2.05, 4.69) is 0 Å². The standard InChI is InChI=1S/5ClH.Pu/h5*1H;. The van der Waals surface area contributed by atoms with Crippen LogP contribution in [0.5, 0.6) is 0 Å². The molecular weight excluding hydrogens is 421 g/mol. The minimum atomic E-state index is 0. The molecule has 0 amide bonds. The van der Waals surface area contributed by atoms with Crippen molar-refractivity contribution in [1.82, 2.24) is 0 Å². The Morgan fingerprint density at radius 3 is 0.333 bits per heavy atom. The first kappa shape index (κ1) is 78.6. The van der Waals surface area contributed by atoms with Gasteiger partial charge in [-0.2, -0.15) is 0 Å². The van der Waals surface area contributed by atoms with Crippen LogP contribution in [-0.2, 0) is 0 Å². The predicted molar refractivity (Wildman–Crippen MR) is 36.2 cm³/mol. The van der Waals surface area contributed by atoms with Gasteiger partial charge in [0, 0.05) is 29.2 Å². The Hall–Kier alpha value is 2.44. The Kier molecular flexibility index (Phi) is 679. The maximum atomic E-state index is 0. The summed E-state index contributed by atoms with van der Waals surface area (Å²) in [5, 5.41) is 0. The molecule has 0 aliphatic rings. The van der Waals surface area contributed by atoms with E-state index in [1.807, 2.05) is 0 Å². The zero-order chi connectivity index (χ0) is 0. The van der Waals surface area contributed by atoms with Crippen LogP contribution in [0.1, 0.15) is 0 Å². The van der Waals surface area contributed by atoms with Gasteiger partial charge in [-0.05, 0) is 0 Å². The van der Waals surface area contributed by atoms with Crippen LogP contribution >= 0.6 is 62.0 Å². The van der Waals surface area contributed by atoms with Crippen LogP contribution in [-0.4, -0.2) is 0 Å². The molecule has 0 radical (unpaired) electrons. The largest absolute Gasteiger partial charge is 0.147 e. The van der Waals surface area contributed by atoms with Crippen molar-refractivity contribution in [3.8, 4) is 0 Å². The summed E-state index contributed by atoms with van der Waals surface area (Å²) < 4.78 is 0. The predicted octanol–water partition coefficient (Wildman–Crippen LogP) is 2.11. The van der Waals surface area contributed by atoms with Crippen molar-refractivity contribution in [2.45, 2.75) is 0 Å². The van der Waals surface area contributed by atoms with E-state index in [9.17, 15) is 0 Å². The first-order chi connectivity index (χ1) is 0. The van der Waals surface area contributed by atoms with Crippen LogP contribution in [0.2, 0.25) is 0 Å². The van der Waals surface area contributed by atoms with Crippen molar-refractivity contribution in [3.63, 3.8) is 0 Å². The minimum absolute atomic E-state index is 0. The van der Waals surface area contributed by atoms with Crippen molar-refractivity contribution in [3.05, 3.63) is 0 Å². The Balaban J connectivity index is 0. The number of rotatable bonds is 0. The Bertz CT molecular complexity index is 3.90. The topological polar surface area (TPSA) is 0 Å². The normalized spacial score (nSPS) is 0. The van der Waals surface area contributed by atoms with Gasteiger partial charge in [-0.15, -0.1) is 62.0 Å². The van der Waals surface area contributed by atoms with Gasteiger partial charge in [-0.1, -0.05) is 0 Å². The summed E-state index contributed by atoms with van der Waals surface area (Å²) >= 11 is 0. The molecule has 0 aromatic heterocycles. The Morgan fingerprint density at radius 2 is 0.333 bits per heavy atom. The van der Waals surface area contributed by atoms with Crippen LogP contribution in [0, 0.1) is 29.2 Å². The van der Waals surface area contributed by atoms with Gasteiger partial charge in [0.1, 0.15) is 0 Å². The van der Waals surface area contributed by atoms with Crippen molar-refractivity contribution in [1.29, 1.82) is 0 Å². The molecule has 0 aliphatic heterocycles. The zero-order valence-electron chi connectivity index (χ0n) is 2.45. The van der Waals surface area contributed by atoms with Crippen molar-refractivity contribution >= 4 is 62.0 Å². The first-order valence-corrected chi connectivity index (χ1v) is 0. The molecule has 0 heterocycles. The van der Waals surface area contributed by atoms with E-state index < -0.39 is 0 Å². The molecule has 0 saturated heterocycles. The molecule has 0 aromatic carbocycles. The maximum Gasteiger partial charge on any atom is 0 e. The second-order valence-corrected chi connectivity index (χ2v) is 0. The van der Waals surface area contributed by atoms with Gasteiger partial charge in [-0.25, -0.2) is 0 Å². The average Bonchev–Trinajstić information content (AvgIpc) is 0. The Morgan fingerprint density at radius 1 is 0.333 bits per heavy atom. The smallest absolute Gasteiger partial charge is 0 e. The molecule has 46 valence electrons. The second kappa shape index (κ2) is 51.9. The molecule has 6 heavy (non-hydrogen) atoms. The van der Waals surface area contributed by atoms with E-state index in [4.69, 9.17) is 0 Å². The third-order valence-corrected chi connectivity index (χ3v) is 0. The molecule has 0 saturated carbocycles. The summed E-state index contributed by atoms with van der Waals surface area (Å²) in [5.74, 6) is 0. The van der Waals surface area contributed by atoms with Crippen LogP contribution in [0.25, 0.3) is 0 Å². The van der Waals surface area contributed by atoms with Crippen molar-refractivity contribution in [2.75, 3.05) is 0 Å². The fraction of sp³-hybridized carbons (Fsp3) is 0. The summed E-state index contributed by atoms with van der Waals surface area (Å²) in [7, 11) is 0. The number of halogens is 5. The van der Waals surface area contributed by atoms with Crippen LogP contribution in [0.15, 0.2) is 0 Å². The summed E-state index contributed by atoms with van der Waals surface area (Å²) in [6.07, 6.45) is 0. The maximum absolute atomic E-state index is 0. The van der Waals surface area contributed by atoms with Crippen LogP contribution in [0.3, 0.4) is 0 Å². The summed E-state index contributed by atoms with van der Waals surface area (Å²) in [6.45, 7) is 0. The Labute approximate surface area is 90.2 Å². The molecule has 0 rings (SSSR count). The van der Waals surface area contributed by atoms with Gasteiger partial charge in [0.05, 0.1) is 0 Å². The molecule has 0 aromatic rings. The molecule has 0 nitrogen and oxygen atoms in total. The average molecular weight is 426 g/mol. The molecule has 0 unspecified atom stereocenters. The molecule has 0 bridgehead atoms. The molecule has 0 N–H and O–H groups in total. The third kappa shape index (κ3) is 32.0. The second-order valence-electron chi connectivity index (χ2n) is 0. The third-order valence-electron chi connectivity index (χ3n) is 0. The summed E-state index contributed by atoms with van der Waals surface area (Å²) in [4.78, 5) is 0. The van der Waals surface area contributed by atoms with Gasteiger partial charge in [0.25, 0.3) is 0 Å². The van der Waals surface area contributed by atoms with Crippen molar-refractivity contribution in [2.24, 2.45) is 0 Å². The summed E-state index contributed by atoms with van der Waals surface area (Å²) in [5.41, 5.74) is 0. The number of hydrogen-bond acceptors (Lipinski definition) is 0. The molecule has 6 heteroatoms. The van der Waals surface area contributed by atoms with Crippen LogP contribution in [0.4, 0.5) is 0 Å². The van der Waals surface area contributed by atoms with E-state index in [1.165, 1.54) is 0 Å². The fourth-order valence-electron chi connectivity index (χ4n) is 0. The number of hydrogen-bond donors (Lipinski definition) is 0. The fourth-order valence-corrected chi connectivity index (χ4v) is 0. The minimum Gasteiger partial charge on any atom is -0.147 e. The quantitative estimate of drug-likeness (QED) is 0.557. The molecule has 0 aliphatic carbocycles. The van der Waals surface area contributed by atoms with E-state index in [-0.39, 0.29) is 91.2 Å². The summed E-state index contributed by atoms with van der Waals surface area (Å²) in [6, 6.07) is 0. The van der Waals surface area contributed by atoms with Crippen molar-refractivity contribution < 1.29 is 29.2 Å². The van der Waals surface area contributed by atoms with Gasteiger partial charge < -0.3 is 0 Å². The van der Waals surface area contributed by atoms with Gasteiger partial charge in [0.2, 0.25) is 0 Å². The van der Waals surface area contributed by atoms with Gasteiger partial charge >= 0.3 is 0 Å². The molecular formula is H5Cl5Pu. The van der Waals surface area contributed by atoms with E-state index in [1.54, 1.807) is 0 Å². The van der Waals surface area contributed by atoms with E-state index in [0.717, 1.165) is 0 Å². The molecule has 0 spiro atoms. The van der Waals surface area contributed by atoms with E-state index in [0.29, 0.717) is 0 Å². The SMILES string of the molecule is Cl.Cl.Cl.Cl.Cl.[Pu]. The van der Waals surface area contributed by atoms with Gasteiger partial charge in [0.15, 0.2) is 0 Å². The first-order valence-electron chi connectivity index (χ1n) is 0.